The standard InChI is InChI=1S/C31H29N3O3/c1-36-28-19-23-15-18-34(31(22-9-4-3-5-10-22)26(23)20-29(28)37-2)30(35)14-13-24-21-33(17-8-16-32)27-12-7-6-11-25(24)27/h3-7,9-14,19-21,31H,8,15,17-18H2,1-2H3/b14-13+. The van der Waals surface area contributed by atoms with E-state index in [4.69, 9.17) is 14.7 Å². The second-order valence-corrected chi connectivity index (χ2v) is 9.04. The third kappa shape index (κ3) is 4.68. The van der Waals surface area contributed by atoms with Gasteiger partial charge in [0.05, 0.1) is 32.8 Å². The highest BCUT2D eigenvalue weighted by Crippen LogP contribution is 2.41. The lowest BCUT2D eigenvalue weighted by Gasteiger charge is -2.37. The highest BCUT2D eigenvalue weighted by Gasteiger charge is 2.32. The van der Waals surface area contributed by atoms with Crippen LogP contribution in [-0.2, 0) is 17.8 Å². The minimum absolute atomic E-state index is 0.0526. The summed E-state index contributed by atoms with van der Waals surface area (Å²) < 4.78 is 13.2. The van der Waals surface area contributed by atoms with Crippen LogP contribution >= 0.6 is 0 Å². The minimum atomic E-state index is -0.237. The van der Waals surface area contributed by atoms with Gasteiger partial charge in [-0.2, -0.15) is 5.26 Å². The summed E-state index contributed by atoms with van der Waals surface area (Å²) in [6.45, 7) is 1.21. The number of nitrogens with zero attached hydrogens (tertiary/aromatic N) is 3. The summed E-state index contributed by atoms with van der Waals surface area (Å²) in [4.78, 5) is 15.6. The lowest BCUT2D eigenvalue weighted by molar-refractivity contribution is -0.127. The number of carbonyl (C=O) groups is 1. The van der Waals surface area contributed by atoms with Crippen molar-refractivity contribution in [2.75, 3.05) is 20.8 Å². The van der Waals surface area contributed by atoms with Crippen molar-refractivity contribution in [3.05, 3.63) is 101 Å². The average molecular weight is 492 g/mol. The van der Waals surface area contributed by atoms with E-state index in [0.717, 1.165) is 39.6 Å². The van der Waals surface area contributed by atoms with Gasteiger partial charge in [-0.25, -0.2) is 0 Å². The van der Waals surface area contributed by atoms with E-state index in [9.17, 15) is 4.79 Å². The van der Waals surface area contributed by atoms with Gasteiger partial charge >= 0.3 is 0 Å². The first-order valence-corrected chi connectivity index (χ1v) is 12.4. The number of hydrogen-bond donors (Lipinski definition) is 0. The van der Waals surface area contributed by atoms with Crippen LogP contribution in [0.4, 0.5) is 0 Å². The number of nitriles is 1. The van der Waals surface area contributed by atoms with E-state index in [1.165, 1.54) is 0 Å². The van der Waals surface area contributed by atoms with Gasteiger partial charge in [0.2, 0.25) is 5.91 Å². The lowest BCUT2D eigenvalue weighted by Crippen LogP contribution is -2.39. The summed E-state index contributed by atoms with van der Waals surface area (Å²) >= 11 is 0. The Labute approximate surface area is 217 Å². The molecule has 0 saturated heterocycles. The quantitative estimate of drug-likeness (QED) is 0.308. The summed E-state index contributed by atoms with van der Waals surface area (Å²) in [5, 5.41) is 10.1. The van der Waals surface area contributed by atoms with Crippen LogP contribution in [0.2, 0.25) is 0 Å². The van der Waals surface area contributed by atoms with Crippen LogP contribution in [0.3, 0.4) is 0 Å². The zero-order chi connectivity index (χ0) is 25.8. The molecule has 37 heavy (non-hydrogen) atoms. The number of para-hydroxylation sites is 1. The van der Waals surface area contributed by atoms with Crippen LogP contribution in [0, 0.1) is 11.3 Å². The SMILES string of the molecule is COc1cc2c(cc1OC)C(c1ccccc1)N(C(=O)/C=C/c1cn(CCC#N)c3ccccc13)CC2. The van der Waals surface area contributed by atoms with Crippen molar-refractivity contribution in [2.45, 2.75) is 25.4 Å². The van der Waals surface area contributed by atoms with Crippen molar-refractivity contribution in [2.24, 2.45) is 0 Å². The molecule has 186 valence electrons. The van der Waals surface area contributed by atoms with Crippen LogP contribution in [-0.4, -0.2) is 36.1 Å². The number of hydrogen-bond acceptors (Lipinski definition) is 4. The third-order valence-electron chi connectivity index (χ3n) is 6.96. The first-order chi connectivity index (χ1) is 18.1. The lowest BCUT2D eigenvalue weighted by atomic mass is 9.87. The predicted molar refractivity (Wildman–Crippen MR) is 144 cm³/mol. The van der Waals surface area contributed by atoms with Crippen LogP contribution in [0.5, 0.6) is 11.5 Å². The van der Waals surface area contributed by atoms with Gasteiger partial charge in [0, 0.05) is 41.8 Å². The Balaban J connectivity index is 1.51. The number of carbonyl (C=O) groups excluding carboxylic acids is 1. The fourth-order valence-electron chi connectivity index (χ4n) is 5.20. The highest BCUT2D eigenvalue weighted by atomic mass is 16.5. The van der Waals surface area contributed by atoms with Gasteiger partial charge in [0.15, 0.2) is 11.5 Å². The van der Waals surface area contributed by atoms with E-state index in [1.54, 1.807) is 20.3 Å². The maximum absolute atomic E-state index is 13.7. The smallest absolute Gasteiger partial charge is 0.247 e. The largest absolute Gasteiger partial charge is 0.493 e. The molecular formula is C31H29N3O3. The maximum atomic E-state index is 13.7. The van der Waals surface area contributed by atoms with Gasteiger partial charge < -0.3 is 18.9 Å². The van der Waals surface area contributed by atoms with Crippen LogP contribution in [0.25, 0.3) is 17.0 Å². The first kappa shape index (κ1) is 24.2. The zero-order valence-electron chi connectivity index (χ0n) is 21.1. The first-order valence-electron chi connectivity index (χ1n) is 12.4. The Morgan fingerprint density at radius 2 is 1.78 bits per heavy atom. The van der Waals surface area contributed by atoms with Gasteiger partial charge in [0.25, 0.3) is 0 Å². The number of fused-ring (bicyclic) bond motifs is 2. The normalized spacial score (nSPS) is 14.9. The minimum Gasteiger partial charge on any atom is -0.493 e. The van der Waals surface area contributed by atoms with Gasteiger partial charge in [-0.3, -0.25) is 4.79 Å². The van der Waals surface area contributed by atoms with Gasteiger partial charge in [-0.15, -0.1) is 0 Å². The Morgan fingerprint density at radius 3 is 2.54 bits per heavy atom. The van der Waals surface area contributed by atoms with E-state index >= 15 is 0 Å². The summed E-state index contributed by atoms with van der Waals surface area (Å²) in [6.07, 6.45) is 6.73. The van der Waals surface area contributed by atoms with E-state index in [1.807, 2.05) is 71.8 Å². The Hall–Kier alpha value is -4.50. The molecule has 2 heterocycles. The molecule has 0 spiro atoms. The number of aryl methyl sites for hydroxylation is 1. The molecule has 6 heteroatoms. The monoisotopic (exact) mass is 491 g/mol. The van der Waals surface area contributed by atoms with Crippen LogP contribution in [0.15, 0.2) is 79.0 Å². The molecule has 5 rings (SSSR count). The van der Waals surface area contributed by atoms with E-state index < -0.39 is 0 Å². The molecule has 1 aliphatic rings. The van der Waals surface area contributed by atoms with E-state index in [-0.39, 0.29) is 11.9 Å². The molecule has 1 unspecified atom stereocenters. The number of amides is 1. The molecule has 1 atom stereocenters. The molecular weight excluding hydrogens is 462 g/mol. The van der Waals surface area contributed by atoms with Crippen molar-refractivity contribution in [3.8, 4) is 17.6 Å². The Morgan fingerprint density at radius 1 is 1.05 bits per heavy atom. The maximum Gasteiger partial charge on any atom is 0.247 e. The predicted octanol–water partition coefficient (Wildman–Crippen LogP) is 5.76. The second kappa shape index (κ2) is 10.6. The average Bonchev–Trinajstić information content (AvgIpc) is 3.31. The Bertz CT molecular complexity index is 1500. The van der Waals surface area contributed by atoms with Crippen molar-refractivity contribution < 1.29 is 14.3 Å². The fourth-order valence-corrected chi connectivity index (χ4v) is 5.20. The molecule has 0 N–H and O–H groups in total. The molecule has 0 aliphatic carbocycles. The van der Waals surface area contributed by atoms with Gasteiger partial charge in [0.1, 0.15) is 0 Å². The zero-order valence-corrected chi connectivity index (χ0v) is 21.1. The topological polar surface area (TPSA) is 67.5 Å². The van der Waals surface area contributed by atoms with Crippen molar-refractivity contribution >= 4 is 22.9 Å². The third-order valence-corrected chi connectivity index (χ3v) is 6.96. The fraction of sp³-hybridized carbons (Fsp3) is 0.226. The van der Waals surface area contributed by atoms with Crippen molar-refractivity contribution in [1.82, 2.24) is 9.47 Å². The molecule has 6 nitrogen and oxygen atoms in total. The number of ether oxygens (including phenoxy) is 2. The number of rotatable bonds is 7. The number of methoxy groups -OCH3 is 2. The molecule has 0 saturated carbocycles. The Kier molecular flexibility index (Phi) is 6.96. The van der Waals surface area contributed by atoms with Crippen molar-refractivity contribution in [1.29, 1.82) is 5.26 Å². The molecule has 4 aromatic rings. The highest BCUT2D eigenvalue weighted by molar-refractivity contribution is 5.97. The van der Waals surface area contributed by atoms with Gasteiger partial charge in [-0.05, 0) is 47.4 Å². The number of benzene rings is 3. The van der Waals surface area contributed by atoms with Gasteiger partial charge in [-0.1, -0.05) is 48.5 Å². The van der Waals surface area contributed by atoms with Crippen LogP contribution < -0.4 is 9.47 Å². The molecule has 0 radical (unpaired) electrons. The molecule has 3 aromatic carbocycles. The molecule has 0 bridgehead atoms. The molecule has 1 aromatic heterocycles. The molecule has 1 aliphatic heterocycles. The molecule has 1 amide bonds. The molecule has 0 fully saturated rings. The summed E-state index contributed by atoms with van der Waals surface area (Å²) in [6, 6.07) is 24.2. The van der Waals surface area contributed by atoms with E-state index in [0.29, 0.717) is 31.0 Å². The van der Waals surface area contributed by atoms with Crippen molar-refractivity contribution in [3.63, 3.8) is 0 Å². The summed E-state index contributed by atoms with van der Waals surface area (Å²) in [7, 11) is 3.27. The van der Waals surface area contributed by atoms with Crippen LogP contribution in [0.1, 0.15) is 34.7 Å². The number of aromatic nitrogens is 1. The summed E-state index contributed by atoms with van der Waals surface area (Å²) in [5.41, 5.74) is 5.26. The van der Waals surface area contributed by atoms with E-state index in [2.05, 4.69) is 22.8 Å². The second-order valence-electron chi connectivity index (χ2n) is 9.04. The summed E-state index contributed by atoms with van der Waals surface area (Å²) in [5.74, 6) is 1.29.